The van der Waals surface area contributed by atoms with Gasteiger partial charge in [0, 0.05) is 6.42 Å². The zero-order chi connectivity index (χ0) is 11.1. The van der Waals surface area contributed by atoms with Crippen LogP contribution in [0.3, 0.4) is 0 Å². The lowest BCUT2D eigenvalue weighted by atomic mass is 10.1. The number of hydrogen-bond acceptors (Lipinski definition) is 2. The molecule has 1 aromatic carbocycles. The Bertz CT molecular complexity index is 293. The fourth-order valence-corrected chi connectivity index (χ4v) is 1.30. The smallest absolute Gasteiger partial charge is 0.129 e. The van der Waals surface area contributed by atoms with Gasteiger partial charge in [0.05, 0.1) is 12.7 Å². The first-order valence-corrected chi connectivity index (χ1v) is 5.33. The fourth-order valence-electron chi connectivity index (χ4n) is 1.30. The van der Waals surface area contributed by atoms with E-state index in [1.807, 2.05) is 37.3 Å². The minimum absolute atomic E-state index is 0.147. The lowest BCUT2D eigenvalue weighted by Gasteiger charge is -2.11. The highest BCUT2D eigenvalue weighted by Crippen LogP contribution is 2.07. The van der Waals surface area contributed by atoms with Crippen LogP contribution >= 0.6 is 0 Å². The number of ether oxygens (including phenoxy) is 1. The molecule has 0 heterocycles. The Balaban J connectivity index is 2.22. The van der Waals surface area contributed by atoms with Gasteiger partial charge in [-0.25, -0.2) is 0 Å². The second-order valence-electron chi connectivity index (χ2n) is 3.85. The molecule has 0 bridgehead atoms. The van der Waals surface area contributed by atoms with E-state index in [1.165, 1.54) is 5.56 Å². The van der Waals surface area contributed by atoms with E-state index in [0.29, 0.717) is 13.0 Å². The van der Waals surface area contributed by atoms with E-state index in [4.69, 9.17) is 4.74 Å². The molecule has 0 N–H and O–H groups in total. The summed E-state index contributed by atoms with van der Waals surface area (Å²) in [6.07, 6.45) is 1.56. The number of hydrogen-bond donors (Lipinski definition) is 0. The highest BCUT2D eigenvalue weighted by Gasteiger charge is 2.04. The maximum absolute atomic E-state index is 10.8. The molecule has 0 aliphatic heterocycles. The second kappa shape index (κ2) is 6.36. The van der Waals surface area contributed by atoms with Crippen LogP contribution in [0.5, 0.6) is 0 Å². The van der Waals surface area contributed by atoms with Crippen molar-refractivity contribution in [2.24, 2.45) is 0 Å². The van der Waals surface area contributed by atoms with E-state index in [1.54, 1.807) is 6.92 Å². The van der Waals surface area contributed by atoms with Crippen LogP contribution in [0.2, 0.25) is 0 Å². The van der Waals surface area contributed by atoms with Crippen molar-refractivity contribution in [1.82, 2.24) is 0 Å². The maximum atomic E-state index is 10.8. The molecule has 2 heteroatoms. The van der Waals surface area contributed by atoms with Crippen LogP contribution in [-0.4, -0.2) is 11.9 Å². The average Bonchev–Trinajstić information content (AvgIpc) is 2.25. The van der Waals surface area contributed by atoms with Crippen LogP contribution in [-0.2, 0) is 16.1 Å². The van der Waals surface area contributed by atoms with Crippen LogP contribution < -0.4 is 0 Å². The molecule has 0 aromatic heterocycles. The lowest BCUT2D eigenvalue weighted by molar-refractivity contribution is -0.117. The topological polar surface area (TPSA) is 26.3 Å². The number of ketones is 1. The average molecular weight is 206 g/mol. The van der Waals surface area contributed by atoms with Crippen LogP contribution in [0.25, 0.3) is 0 Å². The predicted molar refractivity (Wildman–Crippen MR) is 60.6 cm³/mol. The van der Waals surface area contributed by atoms with E-state index >= 15 is 0 Å². The van der Waals surface area contributed by atoms with E-state index in [0.717, 1.165) is 6.42 Å². The Morgan fingerprint density at radius 2 is 2.00 bits per heavy atom. The summed E-state index contributed by atoms with van der Waals surface area (Å²) in [7, 11) is 0. The highest BCUT2D eigenvalue weighted by atomic mass is 16.5. The van der Waals surface area contributed by atoms with E-state index < -0.39 is 0 Å². The van der Waals surface area contributed by atoms with Gasteiger partial charge in [-0.05, 0) is 25.8 Å². The molecule has 15 heavy (non-hydrogen) atoms. The monoisotopic (exact) mass is 206 g/mol. The Morgan fingerprint density at radius 1 is 1.33 bits per heavy atom. The van der Waals surface area contributed by atoms with Crippen molar-refractivity contribution in [3.63, 3.8) is 0 Å². The molecular weight excluding hydrogens is 188 g/mol. The van der Waals surface area contributed by atoms with Crippen LogP contribution in [0, 0.1) is 0 Å². The van der Waals surface area contributed by atoms with Gasteiger partial charge < -0.3 is 9.53 Å². The molecule has 0 amide bonds. The first kappa shape index (κ1) is 11.9. The molecule has 0 radical (unpaired) electrons. The Hall–Kier alpha value is -1.15. The number of Topliss-reactive ketones (excluding diaryl/α,β-unsaturated/α-hetero) is 1. The van der Waals surface area contributed by atoms with Crippen LogP contribution in [0.15, 0.2) is 30.3 Å². The molecule has 0 saturated heterocycles. The summed E-state index contributed by atoms with van der Waals surface area (Å²) < 4.78 is 5.63. The molecule has 1 rings (SSSR count). The third-order valence-corrected chi connectivity index (χ3v) is 2.28. The third-order valence-electron chi connectivity index (χ3n) is 2.28. The van der Waals surface area contributed by atoms with Gasteiger partial charge in [-0.2, -0.15) is 0 Å². The molecule has 0 unspecified atom stereocenters. The van der Waals surface area contributed by atoms with E-state index in [2.05, 4.69) is 0 Å². The van der Waals surface area contributed by atoms with Crippen LogP contribution in [0.1, 0.15) is 32.3 Å². The van der Waals surface area contributed by atoms with Crippen molar-refractivity contribution in [1.29, 1.82) is 0 Å². The number of carbonyl (C=O) groups excluding carboxylic acids is 1. The maximum Gasteiger partial charge on any atom is 0.129 e. The zero-order valence-electron chi connectivity index (χ0n) is 9.40. The predicted octanol–water partition coefficient (Wildman–Crippen LogP) is 2.96. The Kier molecular flexibility index (Phi) is 5.05. The van der Waals surface area contributed by atoms with Crippen molar-refractivity contribution >= 4 is 5.78 Å². The Morgan fingerprint density at radius 3 is 2.60 bits per heavy atom. The number of rotatable bonds is 6. The molecule has 0 fully saturated rings. The lowest BCUT2D eigenvalue weighted by Crippen LogP contribution is -2.09. The van der Waals surface area contributed by atoms with Crippen molar-refractivity contribution in [3.8, 4) is 0 Å². The zero-order valence-corrected chi connectivity index (χ0v) is 9.40. The third kappa shape index (κ3) is 5.33. The fraction of sp³-hybridized carbons (Fsp3) is 0.462. The van der Waals surface area contributed by atoms with Crippen molar-refractivity contribution in [3.05, 3.63) is 35.9 Å². The van der Waals surface area contributed by atoms with Crippen LogP contribution in [0.4, 0.5) is 0 Å². The summed E-state index contributed by atoms with van der Waals surface area (Å²) in [6.45, 7) is 4.25. The largest absolute Gasteiger partial charge is 0.374 e. The van der Waals surface area contributed by atoms with Gasteiger partial charge in [-0.1, -0.05) is 30.3 Å². The molecule has 0 aliphatic carbocycles. The standard InChI is InChI=1S/C13H18O2/c1-11(14)8-9-12(2)15-10-13-6-4-3-5-7-13/h3-7,12H,8-10H2,1-2H3/t12-/m1/s1. The summed E-state index contributed by atoms with van der Waals surface area (Å²) in [4.78, 5) is 10.8. The van der Waals surface area contributed by atoms with Gasteiger partial charge >= 0.3 is 0 Å². The molecule has 0 saturated carbocycles. The first-order valence-electron chi connectivity index (χ1n) is 5.33. The second-order valence-corrected chi connectivity index (χ2v) is 3.85. The van der Waals surface area contributed by atoms with Gasteiger partial charge in [0.25, 0.3) is 0 Å². The van der Waals surface area contributed by atoms with Crippen molar-refractivity contribution in [2.75, 3.05) is 0 Å². The number of benzene rings is 1. The van der Waals surface area contributed by atoms with Crippen molar-refractivity contribution in [2.45, 2.75) is 39.4 Å². The minimum Gasteiger partial charge on any atom is -0.374 e. The highest BCUT2D eigenvalue weighted by molar-refractivity contribution is 5.75. The van der Waals surface area contributed by atoms with Gasteiger partial charge in [0.15, 0.2) is 0 Å². The molecule has 1 aromatic rings. The number of carbonyl (C=O) groups is 1. The molecular formula is C13H18O2. The molecule has 1 atom stereocenters. The minimum atomic E-state index is 0.147. The SMILES string of the molecule is CC(=O)CC[C@@H](C)OCc1ccccc1. The summed E-state index contributed by atoms with van der Waals surface area (Å²) in [5.41, 5.74) is 1.17. The van der Waals surface area contributed by atoms with Gasteiger partial charge in [-0.15, -0.1) is 0 Å². The summed E-state index contributed by atoms with van der Waals surface area (Å²) in [5.74, 6) is 0.227. The first-order chi connectivity index (χ1) is 7.18. The Labute approximate surface area is 91.3 Å². The summed E-state index contributed by atoms with van der Waals surface area (Å²) in [6, 6.07) is 10.1. The molecule has 2 nitrogen and oxygen atoms in total. The molecule has 0 spiro atoms. The summed E-state index contributed by atoms with van der Waals surface area (Å²) >= 11 is 0. The van der Waals surface area contributed by atoms with E-state index in [-0.39, 0.29) is 11.9 Å². The molecule has 82 valence electrons. The molecule has 0 aliphatic rings. The van der Waals surface area contributed by atoms with Gasteiger partial charge in [0.2, 0.25) is 0 Å². The normalized spacial score (nSPS) is 12.4. The van der Waals surface area contributed by atoms with Gasteiger partial charge in [-0.3, -0.25) is 0 Å². The van der Waals surface area contributed by atoms with Crippen molar-refractivity contribution < 1.29 is 9.53 Å². The summed E-state index contributed by atoms with van der Waals surface area (Å²) in [5, 5.41) is 0. The van der Waals surface area contributed by atoms with Gasteiger partial charge in [0.1, 0.15) is 5.78 Å². The quantitative estimate of drug-likeness (QED) is 0.715. The van der Waals surface area contributed by atoms with E-state index in [9.17, 15) is 4.79 Å².